The van der Waals surface area contributed by atoms with Crippen molar-refractivity contribution < 1.29 is 19.1 Å². The fourth-order valence-corrected chi connectivity index (χ4v) is 3.16. The van der Waals surface area contributed by atoms with Crippen LogP contribution in [0.2, 0.25) is 10.0 Å². The maximum absolute atomic E-state index is 12.7. The average Bonchev–Trinajstić information content (AvgIpc) is 2.75. The summed E-state index contributed by atoms with van der Waals surface area (Å²) in [6.45, 7) is 2.09. The van der Waals surface area contributed by atoms with Crippen LogP contribution in [0.4, 0.5) is 4.79 Å². The van der Waals surface area contributed by atoms with Crippen molar-refractivity contribution in [3.63, 3.8) is 0 Å². The van der Waals surface area contributed by atoms with Gasteiger partial charge in [0, 0.05) is 35.9 Å². The number of methoxy groups -OCH3 is 1. The van der Waals surface area contributed by atoms with Gasteiger partial charge in [-0.1, -0.05) is 29.3 Å². The number of benzene rings is 1. The van der Waals surface area contributed by atoms with Crippen LogP contribution < -0.4 is 10.6 Å². The molecule has 0 aromatic heterocycles. The molecule has 1 unspecified atom stereocenters. The van der Waals surface area contributed by atoms with Gasteiger partial charge in [-0.25, -0.2) is 4.79 Å². The normalized spacial score (nSPS) is 19.9. The summed E-state index contributed by atoms with van der Waals surface area (Å²) >= 11 is 12.0. The minimum absolute atomic E-state index is 0.259. The van der Waals surface area contributed by atoms with Crippen LogP contribution in [0, 0.1) is 0 Å². The van der Waals surface area contributed by atoms with E-state index in [2.05, 4.69) is 10.6 Å². The predicted molar refractivity (Wildman–Crippen MR) is 93.6 cm³/mol. The number of rotatable bonds is 7. The molecular formula is C16H19Cl2N3O4. The number of hydrogen-bond acceptors (Lipinski definition) is 4. The summed E-state index contributed by atoms with van der Waals surface area (Å²) in [6, 6.07) is 4.01. The first kappa shape index (κ1) is 19.5. The van der Waals surface area contributed by atoms with Crippen molar-refractivity contribution in [2.45, 2.75) is 18.9 Å². The van der Waals surface area contributed by atoms with Crippen LogP contribution in [0.15, 0.2) is 18.2 Å². The van der Waals surface area contributed by atoms with Gasteiger partial charge in [0.05, 0.1) is 0 Å². The Hall–Kier alpha value is -1.83. The first-order valence-electron chi connectivity index (χ1n) is 7.65. The summed E-state index contributed by atoms with van der Waals surface area (Å²) in [6.07, 6.45) is 0.639. The Kier molecular flexibility index (Phi) is 6.26. The lowest BCUT2D eigenvalue weighted by Gasteiger charge is -2.23. The van der Waals surface area contributed by atoms with E-state index in [1.54, 1.807) is 26.2 Å². The van der Waals surface area contributed by atoms with Crippen LogP contribution in [-0.2, 0) is 19.9 Å². The van der Waals surface area contributed by atoms with Crippen molar-refractivity contribution >= 4 is 41.0 Å². The van der Waals surface area contributed by atoms with Gasteiger partial charge in [0.15, 0.2) is 0 Å². The van der Waals surface area contributed by atoms with Crippen molar-refractivity contribution in [2.75, 3.05) is 26.8 Å². The summed E-state index contributed by atoms with van der Waals surface area (Å²) in [5, 5.41) is 5.91. The average molecular weight is 388 g/mol. The molecule has 1 aliphatic heterocycles. The number of carbonyl (C=O) groups is 3. The number of imide groups is 1. The van der Waals surface area contributed by atoms with E-state index >= 15 is 0 Å². The maximum Gasteiger partial charge on any atom is 0.325 e. The van der Waals surface area contributed by atoms with E-state index < -0.39 is 23.4 Å². The molecule has 0 aliphatic carbocycles. The highest BCUT2D eigenvalue weighted by Crippen LogP contribution is 2.34. The van der Waals surface area contributed by atoms with Gasteiger partial charge in [0.25, 0.3) is 5.91 Å². The Balaban J connectivity index is 2.09. The van der Waals surface area contributed by atoms with Crippen LogP contribution in [0.1, 0.15) is 18.9 Å². The second-order valence-electron chi connectivity index (χ2n) is 5.77. The summed E-state index contributed by atoms with van der Waals surface area (Å²) in [7, 11) is 1.57. The molecule has 25 heavy (non-hydrogen) atoms. The Bertz CT molecular complexity index is 698. The summed E-state index contributed by atoms with van der Waals surface area (Å²) < 4.78 is 4.89. The summed E-state index contributed by atoms with van der Waals surface area (Å²) in [5.41, 5.74) is -0.936. The van der Waals surface area contributed by atoms with E-state index in [0.717, 1.165) is 4.90 Å². The molecule has 1 atom stereocenters. The van der Waals surface area contributed by atoms with E-state index in [1.807, 2.05) is 0 Å². The fourth-order valence-electron chi connectivity index (χ4n) is 2.56. The number of amides is 4. The molecule has 0 saturated carbocycles. The molecule has 4 amide bonds. The largest absolute Gasteiger partial charge is 0.385 e. The molecule has 0 bridgehead atoms. The Morgan fingerprint density at radius 3 is 2.72 bits per heavy atom. The Morgan fingerprint density at radius 2 is 2.08 bits per heavy atom. The quantitative estimate of drug-likeness (QED) is 0.552. The van der Waals surface area contributed by atoms with Crippen molar-refractivity contribution in [3.8, 4) is 0 Å². The first-order chi connectivity index (χ1) is 11.8. The first-order valence-corrected chi connectivity index (χ1v) is 8.40. The SMILES string of the molecule is COCCCNC(=O)CN1C(=O)NC(C)(c2ccc(Cl)cc2Cl)C1=O. The van der Waals surface area contributed by atoms with E-state index in [4.69, 9.17) is 27.9 Å². The molecule has 2 N–H and O–H groups in total. The van der Waals surface area contributed by atoms with Gasteiger partial charge in [-0.05, 0) is 25.5 Å². The molecule has 136 valence electrons. The number of halogens is 2. The lowest BCUT2D eigenvalue weighted by molar-refractivity contribution is -0.134. The van der Waals surface area contributed by atoms with Crippen LogP contribution in [0.3, 0.4) is 0 Å². The third-order valence-corrected chi connectivity index (χ3v) is 4.44. The summed E-state index contributed by atoms with van der Waals surface area (Å²) in [4.78, 5) is 37.7. The zero-order valence-corrected chi connectivity index (χ0v) is 15.4. The van der Waals surface area contributed by atoms with Crippen LogP contribution >= 0.6 is 23.2 Å². The van der Waals surface area contributed by atoms with Crippen molar-refractivity contribution in [3.05, 3.63) is 33.8 Å². The van der Waals surface area contributed by atoms with Gasteiger partial charge in [-0.3, -0.25) is 14.5 Å². The topological polar surface area (TPSA) is 87.7 Å². The highest BCUT2D eigenvalue weighted by atomic mass is 35.5. The van der Waals surface area contributed by atoms with E-state index in [1.165, 1.54) is 6.07 Å². The molecule has 1 heterocycles. The molecule has 7 nitrogen and oxygen atoms in total. The third kappa shape index (κ3) is 4.23. The highest BCUT2D eigenvalue weighted by Gasteiger charge is 2.50. The van der Waals surface area contributed by atoms with E-state index in [0.29, 0.717) is 30.2 Å². The maximum atomic E-state index is 12.7. The zero-order valence-electron chi connectivity index (χ0n) is 13.9. The van der Waals surface area contributed by atoms with Crippen LogP contribution in [0.25, 0.3) is 0 Å². The van der Waals surface area contributed by atoms with Gasteiger partial charge >= 0.3 is 6.03 Å². The standard InChI is InChI=1S/C16H19Cl2N3O4/c1-16(11-5-4-10(17)8-12(11)18)14(23)21(15(24)20-16)9-13(22)19-6-3-7-25-2/h4-5,8H,3,6-7,9H2,1-2H3,(H,19,22)(H,20,24). The molecule has 1 aromatic rings. The van der Waals surface area contributed by atoms with Gasteiger partial charge in [-0.15, -0.1) is 0 Å². The number of urea groups is 1. The van der Waals surface area contributed by atoms with Gasteiger partial charge in [0.2, 0.25) is 5.91 Å². The molecule has 1 fully saturated rings. The smallest absolute Gasteiger partial charge is 0.325 e. The molecular weight excluding hydrogens is 369 g/mol. The van der Waals surface area contributed by atoms with Crippen molar-refractivity contribution in [1.82, 2.24) is 15.5 Å². The molecule has 9 heteroatoms. The molecule has 0 radical (unpaired) electrons. The second kappa shape index (κ2) is 8.03. The van der Waals surface area contributed by atoms with Crippen LogP contribution in [0.5, 0.6) is 0 Å². The third-order valence-electron chi connectivity index (χ3n) is 3.89. The number of hydrogen-bond donors (Lipinski definition) is 2. The number of carbonyl (C=O) groups excluding carboxylic acids is 3. The predicted octanol–water partition coefficient (Wildman–Crippen LogP) is 1.91. The lowest BCUT2D eigenvalue weighted by Crippen LogP contribution is -2.43. The van der Waals surface area contributed by atoms with Crippen LogP contribution in [-0.4, -0.2) is 49.6 Å². The minimum Gasteiger partial charge on any atom is -0.385 e. The highest BCUT2D eigenvalue weighted by molar-refractivity contribution is 6.35. The van der Waals surface area contributed by atoms with Gasteiger partial charge in [-0.2, -0.15) is 0 Å². The molecule has 1 aliphatic rings. The molecule has 0 spiro atoms. The second-order valence-corrected chi connectivity index (χ2v) is 6.61. The van der Waals surface area contributed by atoms with Crippen molar-refractivity contribution in [1.29, 1.82) is 0 Å². The van der Waals surface area contributed by atoms with E-state index in [9.17, 15) is 14.4 Å². The van der Waals surface area contributed by atoms with Gasteiger partial charge in [0.1, 0.15) is 12.1 Å². The number of nitrogens with zero attached hydrogens (tertiary/aromatic N) is 1. The van der Waals surface area contributed by atoms with Gasteiger partial charge < -0.3 is 15.4 Å². The zero-order chi connectivity index (χ0) is 18.6. The van der Waals surface area contributed by atoms with Crippen molar-refractivity contribution in [2.24, 2.45) is 0 Å². The molecule has 1 saturated heterocycles. The monoisotopic (exact) mass is 387 g/mol. The Morgan fingerprint density at radius 1 is 1.36 bits per heavy atom. The number of ether oxygens (including phenoxy) is 1. The minimum atomic E-state index is -1.35. The molecule has 1 aromatic carbocycles. The lowest BCUT2D eigenvalue weighted by atomic mass is 9.92. The Labute approximate surface area is 155 Å². The van der Waals surface area contributed by atoms with E-state index in [-0.39, 0.29) is 11.6 Å². The summed E-state index contributed by atoms with van der Waals surface area (Å²) in [5.74, 6) is -0.972. The number of nitrogens with one attached hydrogen (secondary N) is 2. The fraction of sp³-hybridized carbons (Fsp3) is 0.438. The molecule has 2 rings (SSSR count).